The first-order chi connectivity index (χ1) is 14.1. The van der Waals surface area contributed by atoms with E-state index in [1.54, 1.807) is 25.6 Å². The number of rotatable bonds is 5. The van der Waals surface area contributed by atoms with Gasteiger partial charge in [-0.1, -0.05) is 5.16 Å². The molecule has 2 aromatic heterocycles. The topological polar surface area (TPSA) is 102 Å². The van der Waals surface area contributed by atoms with Gasteiger partial charge in [0.15, 0.2) is 5.82 Å². The van der Waals surface area contributed by atoms with Crippen molar-refractivity contribution in [2.75, 3.05) is 33.3 Å². The van der Waals surface area contributed by atoms with Crippen molar-refractivity contribution in [2.24, 2.45) is 0 Å². The highest BCUT2D eigenvalue weighted by molar-refractivity contribution is 5.96. The minimum Gasteiger partial charge on any atom is -0.497 e. The summed E-state index contributed by atoms with van der Waals surface area (Å²) in [5.41, 5.74) is 2.08. The van der Waals surface area contributed by atoms with Gasteiger partial charge < -0.3 is 14.2 Å². The maximum absolute atomic E-state index is 12.8. The molecule has 10 nitrogen and oxygen atoms in total. The molecular formula is C19H23N7O3. The van der Waals surface area contributed by atoms with Gasteiger partial charge in [-0.15, -0.1) is 5.10 Å². The molecule has 0 aliphatic carbocycles. The lowest BCUT2D eigenvalue weighted by Crippen LogP contribution is -2.48. The van der Waals surface area contributed by atoms with Crippen molar-refractivity contribution in [3.63, 3.8) is 0 Å². The minimum atomic E-state index is -0.0241. The van der Waals surface area contributed by atoms with Gasteiger partial charge in [0.2, 0.25) is 0 Å². The van der Waals surface area contributed by atoms with Gasteiger partial charge in [0.1, 0.15) is 17.1 Å². The van der Waals surface area contributed by atoms with Gasteiger partial charge in [0.05, 0.1) is 25.0 Å². The summed E-state index contributed by atoms with van der Waals surface area (Å²) in [6.07, 6.45) is 0. The summed E-state index contributed by atoms with van der Waals surface area (Å²) in [6, 6.07) is 7.58. The molecule has 3 heterocycles. The summed E-state index contributed by atoms with van der Waals surface area (Å²) in [7, 11) is 1.63. The van der Waals surface area contributed by atoms with Crippen LogP contribution in [0.4, 0.5) is 0 Å². The molecule has 4 rings (SSSR count). The highest BCUT2D eigenvalue weighted by Gasteiger charge is 2.27. The zero-order chi connectivity index (χ0) is 20.4. The second-order valence-electron chi connectivity index (χ2n) is 6.97. The lowest BCUT2D eigenvalue weighted by molar-refractivity contribution is 0.0622. The Labute approximate surface area is 168 Å². The predicted octanol–water partition coefficient (Wildman–Crippen LogP) is 1.23. The molecule has 1 aromatic carbocycles. The van der Waals surface area contributed by atoms with E-state index in [-0.39, 0.29) is 5.91 Å². The number of tetrazole rings is 1. The average Bonchev–Trinajstić information content (AvgIpc) is 3.34. The van der Waals surface area contributed by atoms with Crippen molar-refractivity contribution in [2.45, 2.75) is 20.4 Å². The van der Waals surface area contributed by atoms with Crippen LogP contribution < -0.4 is 4.74 Å². The first-order valence-corrected chi connectivity index (χ1v) is 9.43. The molecule has 1 aliphatic heterocycles. The van der Waals surface area contributed by atoms with Crippen LogP contribution in [0.25, 0.3) is 5.69 Å². The Kier molecular flexibility index (Phi) is 5.26. The molecule has 0 N–H and O–H groups in total. The fourth-order valence-corrected chi connectivity index (χ4v) is 3.48. The molecule has 0 bridgehead atoms. The van der Waals surface area contributed by atoms with E-state index in [1.807, 2.05) is 29.2 Å². The molecule has 1 saturated heterocycles. The molecule has 3 aromatic rings. The van der Waals surface area contributed by atoms with Gasteiger partial charge in [-0.2, -0.15) is 4.68 Å². The number of amides is 1. The largest absolute Gasteiger partial charge is 0.497 e. The zero-order valence-corrected chi connectivity index (χ0v) is 16.7. The maximum atomic E-state index is 12.8. The van der Waals surface area contributed by atoms with Crippen LogP contribution in [0, 0.1) is 13.8 Å². The Balaban J connectivity index is 1.39. The summed E-state index contributed by atoms with van der Waals surface area (Å²) in [4.78, 5) is 16.9. The second-order valence-corrected chi connectivity index (χ2v) is 6.97. The minimum absolute atomic E-state index is 0.0241. The number of ether oxygens (including phenoxy) is 1. The molecule has 152 valence electrons. The summed E-state index contributed by atoms with van der Waals surface area (Å²) in [5.74, 6) is 2.07. The number of benzene rings is 1. The normalized spacial score (nSPS) is 14.9. The maximum Gasteiger partial charge on any atom is 0.259 e. The van der Waals surface area contributed by atoms with Gasteiger partial charge >= 0.3 is 0 Å². The van der Waals surface area contributed by atoms with E-state index < -0.39 is 0 Å². The third-order valence-electron chi connectivity index (χ3n) is 5.12. The summed E-state index contributed by atoms with van der Waals surface area (Å²) < 4.78 is 12.0. The Morgan fingerprint density at radius 3 is 2.48 bits per heavy atom. The molecule has 0 atom stereocenters. The average molecular weight is 397 g/mol. The second kappa shape index (κ2) is 8.00. The Hall–Kier alpha value is -3.27. The van der Waals surface area contributed by atoms with Gasteiger partial charge in [-0.25, -0.2) is 0 Å². The number of methoxy groups -OCH3 is 1. The van der Waals surface area contributed by atoms with E-state index in [9.17, 15) is 4.79 Å². The molecule has 0 unspecified atom stereocenters. The van der Waals surface area contributed by atoms with Crippen molar-refractivity contribution >= 4 is 5.91 Å². The number of carbonyl (C=O) groups is 1. The first kappa shape index (κ1) is 19.1. The monoisotopic (exact) mass is 397 g/mol. The molecule has 1 aliphatic rings. The quantitative estimate of drug-likeness (QED) is 0.633. The van der Waals surface area contributed by atoms with Gasteiger partial charge in [0.25, 0.3) is 5.91 Å². The number of hydrogen-bond acceptors (Lipinski definition) is 8. The van der Waals surface area contributed by atoms with Crippen LogP contribution >= 0.6 is 0 Å². The van der Waals surface area contributed by atoms with Crippen LogP contribution in [0.1, 0.15) is 27.6 Å². The van der Waals surface area contributed by atoms with E-state index in [0.717, 1.165) is 30.4 Å². The van der Waals surface area contributed by atoms with E-state index in [1.165, 1.54) is 0 Å². The number of nitrogens with zero attached hydrogens (tertiary/aromatic N) is 7. The van der Waals surface area contributed by atoms with E-state index in [2.05, 4.69) is 25.6 Å². The van der Waals surface area contributed by atoms with Gasteiger partial charge in [0, 0.05) is 26.2 Å². The molecule has 29 heavy (non-hydrogen) atoms. The Bertz CT molecular complexity index is 968. The van der Waals surface area contributed by atoms with Crippen molar-refractivity contribution in [3.8, 4) is 11.4 Å². The number of hydrogen-bond donors (Lipinski definition) is 0. The van der Waals surface area contributed by atoms with Crippen molar-refractivity contribution in [1.29, 1.82) is 0 Å². The third kappa shape index (κ3) is 3.83. The van der Waals surface area contributed by atoms with Crippen LogP contribution in [0.2, 0.25) is 0 Å². The Morgan fingerprint density at radius 1 is 1.14 bits per heavy atom. The van der Waals surface area contributed by atoms with Gasteiger partial charge in [-0.05, 0) is 48.5 Å². The standard InChI is InChI=1S/C19H23N7O3/c1-13-18(14(2)29-21-13)19(27)25-10-8-24(9-11-25)12-17-20-22-23-26(17)15-4-6-16(28-3)7-5-15/h4-7H,8-12H2,1-3H3. The Morgan fingerprint density at radius 2 is 1.86 bits per heavy atom. The fraction of sp³-hybridized carbons (Fsp3) is 0.421. The summed E-state index contributed by atoms with van der Waals surface area (Å²) >= 11 is 0. The summed E-state index contributed by atoms with van der Waals surface area (Å²) in [6.45, 7) is 6.91. The van der Waals surface area contributed by atoms with Crippen LogP contribution in [-0.4, -0.2) is 74.4 Å². The highest BCUT2D eigenvalue weighted by Crippen LogP contribution is 2.18. The van der Waals surface area contributed by atoms with Crippen molar-refractivity contribution in [3.05, 3.63) is 47.1 Å². The van der Waals surface area contributed by atoms with E-state index in [4.69, 9.17) is 9.26 Å². The van der Waals surface area contributed by atoms with Crippen LogP contribution in [0.5, 0.6) is 5.75 Å². The molecule has 1 amide bonds. The molecule has 0 saturated carbocycles. The van der Waals surface area contributed by atoms with Crippen molar-refractivity contribution in [1.82, 2.24) is 35.2 Å². The lowest BCUT2D eigenvalue weighted by Gasteiger charge is -2.34. The highest BCUT2D eigenvalue weighted by atomic mass is 16.5. The summed E-state index contributed by atoms with van der Waals surface area (Å²) in [5, 5.41) is 16.0. The smallest absolute Gasteiger partial charge is 0.259 e. The third-order valence-corrected chi connectivity index (χ3v) is 5.12. The molecule has 10 heteroatoms. The van der Waals surface area contributed by atoms with Crippen LogP contribution in [0.3, 0.4) is 0 Å². The number of piperazine rings is 1. The van der Waals surface area contributed by atoms with E-state index in [0.29, 0.717) is 36.7 Å². The molecule has 1 fully saturated rings. The van der Waals surface area contributed by atoms with Crippen molar-refractivity contribution < 1.29 is 14.1 Å². The zero-order valence-electron chi connectivity index (χ0n) is 16.7. The SMILES string of the molecule is COc1ccc(-n2nnnc2CN2CCN(C(=O)c3c(C)noc3C)CC2)cc1. The molecular weight excluding hydrogens is 374 g/mol. The predicted molar refractivity (Wildman–Crippen MR) is 103 cm³/mol. The number of aromatic nitrogens is 5. The van der Waals surface area contributed by atoms with Crippen LogP contribution in [-0.2, 0) is 6.54 Å². The lowest BCUT2D eigenvalue weighted by atomic mass is 10.1. The van der Waals surface area contributed by atoms with Gasteiger partial charge in [-0.3, -0.25) is 9.69 Å². The first-order valence-electron chi connectivity index (χ1n) is 9.43. The fourth-order valence-electron chi connectivity index (χ4n) is 3.48. The van der Waals surface area contributed by atoms with Crippen LogP contribution in [0.15, 0.2) is 28.8 Å². The molecule has 0 spiro atoms. The molecule has 0 radical (unpaired) electrons. The van der Waals surface area contributed by atoms with E-state index >= 15 is 0 Å². The number of carbonyl (C=O) groups excluding carboxylic acids is 1. The number of aryl methyl sites for hydroxylation is 2.